The number of benzene rings is 1. The first-order chi connectivity index (χ1) is 8.10. The lowest BCUT2D eigenvalue weighted by atomic mass is 10.1. The van der Waals surface area contributed by atoms with E-state index in [4.69, 9.17) is 4.42 Å². The van der Waals surface area contributed by atoms with Crippen LogP contribution in [0.5, 0.6) is 0 Å². The number of hydrogen-bond donors (Lipinski definition) is 0. The normalized spacial score (nSPS) is 10.5. The second kappa shape index (κ2) is 4.53. The Morgan fingerprint density at radius 1 is 1.29 bits per heavy atom. The van der Waals surface area contributed by atoms with Gasteiger partial charge in [-0.2, -0.15) is 0 Å². The number of hydrogen-bond acceptors (Lipinski definition) is 2. The molecule has 2 aromatic rings. The average Bonchev–Trinajstić information content (AvgIpc) is 2.75. The van der Waals surface area contributed by atoms with Gasteiger partial charge in [-0.15, -0.1) is 0 Å². The zero-order valence-corrected chi connectivity index (χ0v) is 9.79. The highest BCUT2D eigenvalue weighted by Gasteiger charge is 2.14. The van der Waals surface area contributed by atoms with Gasteiger partial charge >= 0.3 is 0 Å². The van der Waals surface area contributed by atoms with Crippen molar-refractivity contribution < 1.29 is 13.6 Å². The molecule has 0 aliphatic carbocycles. The predicted molar refractivity (Wildman–Crippen MR) is 62.7 cm³/mol. The van der Waals surface area contributed by atoms with Crippen molar-refractivity contribution in [3.63, 3.8) is 0 Å². The van der Waals surface area contributed by atoms with Crippen LogP contribution < -0.4 is 0 Å². The minimum absolute atomic E-state index is 0.256. The number of rotatable bonds is 3. The molecule has 3 heteroatoms. The highest BCUT2D eigenvalue weighted by molar-refractivity contribution is 6.07. The smallest absolute Gasteiger partial charge is 0.228 e. The van der Waals surface area contributed by atoms with E-state index in [-0.39, 0.29) is 11.5 Å². The number of carbonyl (C=O) groups excluding carboxylic acids is 1. The molecule has 0 aliphatic rings. The zero-order valence-electron chi connectivity index (χ0n) is 9.79. The SMILES string of the molecule is CCc1ccc(C(=O)c2cc(C)cc(F)c2)o1. The van der Waals surface area contributed by atoms with Crippen LogP contribution in [0.25, 0.3) is 0 Å². The highest BCUT2D eigenvalue weighted by Crippen LogP contribution is 2.16. The van der Waals surface area contributed by atoms with Crippen molar-refractivity contribution in [1.29, 1.82) is 0 Å². The van der Waals surface area contributed by atoms with E-state index in [9.17, 15) is 9.18 Å². The van der Waals surface area contributed by atoms with E-state index in [0.29, 0.717) is 5.56 Å². The van der Waals surface area contributed by atoms with Crippen molar-refractivity contribution in [2.45, 2.75) is 20.3 Å². The summed E-state index contributed by atoms with van der Waals surface area (Å²) >= 11 is 0. The Hall–Kier alpha value is -1.90. The number of ketones is 1. The van der Waals surface area contributed by atoms with Gasteiger partial charge < -0.3 is 4.42 Å². The Labute approximate surface area is 99.1 Å². The molecule has 2 rings (SSSR count). The van der Waals surface area contributed by atoms with Gasteiger partial charge in [-0.3, -0.25) is 4.79 Å². The van der Waals surface area contributed by atoms with Gasteiger partial charge in [0.25, 0.3) is 0 Å². The van der Waals surface area contributed by atoms with Gasteiger partial charge in [-0.1, -0.05) is 6.92 Å². The van der Waals surface area contributed by atoms with Crippen LogP contribution in [-0.2, 0) is 6.42 Å². The lowest BCUT2D eigenvalue weighted by Gasteiger charge is -2.00. The summed E-state index contributed by atoms with van der Waals surface area (Å²) in [6.07, 6.45) is 0.732. The van der Waals surface area contributed by atoms with Crippen LogP contribution in [0.1, 0.15) is 34.4 Å². The minimum atomic E-state index is -0.407. The molecule has 88 valence electrons. The summed E-state index contributed by atoms with van der Waals surface area (Å²) in [6.45, 7) is 3.69. The first kappa shape index (κ1) is 11.6. The van der Waals surface area contributed by atoms with E-state index in [1.165, 1.54) is 12.1 Å². The van der Waals surface area contributed by atoms with Crippen LogP contribution >= 0.6 is 0 Å². The number of aryl methyl sites for hydroxylation is 2. The van der Waals surface area contributed by atoms with Crippen molar-refractivity contribution in [2.75, 3.05) is 0 Å². The van der Waals surface area contributed by atoms with Crippen molar-refractivity contribution in [1.82, 2.24) is 0 Å². The third kappa shape index (κ3) is 2.44. The van der Waals surface area contributed by atoms with E-state index in [1.54, 1.807) is 25.1 Å². The minimum Gasteiger partial charge on any atom is -0.458 e. The molecule has 0 fully saturated rings. The Kier molecular flexibility index (Phi) is 3.09. The molecule has 0 saturated carbocycles. The lowest BCUT2D eigenvalue weighted by Crippen LogP contribution is -2.00. The summed E-state index contributed by atoms with van der Waals surface area (Å²) < 4.78 is 18.5. The first-order valence-corrected chi connectivity index (χ1v) is 5.50. The van der Waals surface area contributed by atoms with E-state index in [2.05, 4.69) is 0 Å². The summed E-state index contributed by atoms with van der Waals surface area (Å²) in [7, 11) is 0. The Morgan fingerprint density at radius 2 is 2.06 bits per heavy atom. The monoisotopic (exact) mass is 232 g/mol. The summed E-state index contributed by atoms with van der Waals surface area (Å²) in [5, 5.41) is 0. The second-order valence-corrected chi connectivity index (χ2v) is 3.97. The van der Waals surface area contributed by atoms with Gasteiger partial charge in [0.1, 0.15) is 11.6 Å². The highest BCUT2D eigenvalue weighted by atomic mass is 19.1. The molecule has 0 spiro atoms. The summed E-state index contributed by atoms with van der Waals surface area (Å²) in [5.74, 6) is 0.316. The third-order valence-corrected chi connectivity index (χ3v) is 2.54. The molecule has 1 heterocycles. The number of halogens is 1. The molecule has 1 aromatic heterocycles. The maximum Gasteiger partial charge on any atom is 0.228 e. The zero-order chi connectivity index (χ0) is 12.4. The molecule has 0 saturated heterocycles. The van der Waals surface area contributed by atoms with Crippen LogP contribution in [0.2, 0.25) is 0 Å². The summed E-state index contributed by atoms with van der Waals surface area (Å²) in [6, 6.07) is 7.65. The maximum atomic E-state index is 13.2. The molecule has 0 atom stereocenters. The van der Waals surface area contributed by atoms with Crippen LogP contribution in [0, 0.1) is 12.7 Å². The van der Waals surface area contributed by atoms with Gasteiger partial charge in [-0.05, 0) is 42.8 Å². The Bertz CT molecular complexity index is 535. The van der Waals surface area contributed by atoms with Gasteiger partial charge in [0.15, 0.2) is 5.76 Å². The van der Waals surface area contributed by atoms with Crippen LogP contribution in [0.15, 0.2) is 34.7 Å². The predicted octanol–water partition coefficient (Wildman–Crippen LogP) is 3.52. The fourth-order valence-electron chi connectivity index (χ4n) is 1.70. The standard InChI is InChI=1S/C14H13FO2/c1-3-12-4-5-13(17-12)14(16)10-6-9(2)7-11(15)8-10/h4-8H,3H2,1-2H3. The molecule has 0 N–H and O–H groups in total. The van der Waals surface area contributed by atoms with Crippen LogP contribution in [0.4, 0.5) is 4.39 Å². The van der Waals surface area contributed by atoms with Crippen LogP contribution in [0.3, 0.4) is 0 Å². The van der Waals surface area contributed by atoms with Gasteiger partial charge in [-0.25, -0.2) is 4.39 Å². The first-order valence-electron chi connectivity index (χ1n) is 5.50. The summed E-state index contributed by atoms with van der Waals surface area (Å²) in [4.78, 5) is 12.0. The number of carbonyl (C=O) groups is 1. The number of furan rings is 1. The van der Waals surface area contributed by atoms with Crippen LogP contribution in [-0.4, -0.2) is 5.78 Å². The molecule has 0 bridgehead atoms. The van der Waals surface area contributed by atoms with Crippen molar-refractivity contribution in [3.8, 4) is 0 Å². The molecule has 0 aliphatic heterocycles. The van der Waals surface area contributed by atoms with E-state index in [1.807, 2.05) is 6.92 Å². The molecule has 1 aromatic carbocycles. The quantitative estimate of drug-likeness (QED) is 0.758. The molecule has 0 amide bonds. The Balaban J connectivity index is 2.36. The fourth-order valence-corrected chi connectivity index (χ4v) is 1.70. The van der Waals surface area contributed by atoms with Gasteiger partial charge in [0, 0.05) is 12.0 Å². The van der Waals surface area contributed by atoms with E-state index >= 15 is 0 Å². The van der Waals surface area contributed by atoms with Gasteiger partial charge in [0.2, 0.25) is 5.78 Å². The molecule has 0 unspecified atom stereocenters. The van der Waals surface area contributed by atoms with Crippen molar-refractivity contribution >= 4 is 5.78 Å². The molecule has 0 radical (unpaired) electrons. The Morgan fingerprint density at radius 3 is 2.65 bits per heavy atom. The van der Waals surface area contributed by atoms with E-state index in [0.717, 1.165) is 17.7 Å². The average molecular weight is 232 g/mol. The molecular weight excluding hydrogens is 219 g/mol. The lowest BCUT2D eigenvalue weighted by molar-refractivity contribution is 0.101. The molecular formula is C14H13FO2. The van der Waals surface area contributed by atoms with Crippen molar-refractivity contribution in [3.05, 3.63) is 58.8 Å². The van der Waals surface area contributed by atoms with Gasteiger partial charge in [0.05, 0.1) is 0 Å². The summed E-state index contributed by atoms with van der Waals surface area (Å²) in [5.41, 5.74) is 1.04. The topological polar surface area (TPSA) is 30.2 Å². The fraction of sp³-hybridized carbons (Fsp3) is 0.214. The third-order valence-electron chi connectivity index (χ3n) is 2.54. The van der Waals surface area contributed by atoms with Crippen molar-refractivity contribution in [2.24, 2.45) is 0 Å². The van der Waals surface area contributed by atoms with E-state index < -0.39 is 5.82 Å². The largest absolute Gasteiger partial charge is 0.458 e. The molecule has 17 heavy (non-hydrogen) atoms. The molecule has 2 nitrogen and oxygen atoms in total. The second-order valence-electron chi connectivity index (χ2n) is 3.97. The maximum absolute atomic E-state index is 13.2.